The third kappa shape index (κ3) is 3.48. The fourth-order valence-electron chi connectivity index (χ4n) is 1.21. The summed E-state index contributed by atoms with van der Waals surface area (Å²) in [4.78, 5) is 11.1. The monoisotopic (exact) mass is 186 g/mol. The zero-order chi connectivity index (χ0) is 8.81. The molecule has 0 spiro atoms. The van der Waals surface area contributed by atoms with Gasteiger partial charge < -0.3 is 4.74 Å². The number of esters is 1. The van der Waals surface area contributed by atoms with Gasteiger partial charge >= 0.3 is 5.97 Å². The highest BCUT2D eigenvalue weighted by Crippen LogP contribution is 2.28. The van der Waals surface area contributed by atoms with Crippen molar-refractivity contribution in [2.75, 3.05) is 12.4 Å². The Morgan fingerprint density at radius 3 is 3.17 bits per heavy atom. The van der Waals surface area contributed by atoms with E-state index in [1.54, 1.807) is 11.8 Å². The van der Waals surface area contributed by atoms with Gasteiger partial charge in [0.25, 0.3) is 0 Å². The molecule has 1 rings (SSSR count). The molecule has 1 heterocycles. The molecule has 3 heteroatoms. The van der Waals surface area contributed by atoms with Crippen LogP contribution in [0.1, 0.15) is 26.2 Å². The van der Waals surface area contributed by atoms with Crippen molar-refractivity contribution in [2.24, 2.45) is 5.92 Å². The zero-order valence-corrected chi connectivity index (χ0v) is 8.15. The molecule has 1 atom stereocenters. The van der Waals surface area contributed by atoms with Crippen LogP contribution in [-0.4, -0.2) is 18.3 Å². The van der Waals surface area contributed by atoms with Crippen LogP contribution in [-0.2, 0) is 9.53 Å². The highest BCUT2D eigenvalue weighted by atomic mass is 32.2. The molecule has 1 unspecified atom stereocenters. The van der Waals surface area contributed by atoms with E-state index in [1.807, 2.05) is 6.92 Å². The lowest BCUT2D eigenvalue weighted by Crippen LogP contribution is -2.14. The van der Waals surface area contributed by atoms with Crippen LogP contribution in [0.25, 0.3) is 0 Å². The minimum Gasteiger partial charge on any atom is -0.466 e. The molecule has 1 saturated heterocycles. The van der Waals surface area contributed by atoms with Gasteiger partial charge in [-0.25, -0.2) is 0 Å². The van der Waals surface area contributed by atoms with Gasteiger partial charge in [0.2, 0.25) is 0 Å². The first-order chi connectivity index (χ1) is 5.83. The quantitative estimate of drug-likeness (QED) is 0.631. The third-order valence-corrected chi connectivity index (χ3v) is 2.67. The molecule has 12 heavy (non-hydrogen) atoms. The van der Waals surface area contributed by atoms with Gasteiger partial charge in [-0.3, -0.25) is 4.79 Å². The zero-order valence-electron chi connectivity index (χ0n) is 7.34. The molecule has 1 aliphatic rings. The number of hydrogen-bond donors (Lipinski definition) is 0. The minimum absolute atomic E-state index is 0.0591. The Labute approximate surface area is 78.1 Å². The van der Waals surface area contributed by atoms with Crippen LogP contribution in [0.5, 0.6) is 0 Å². The first-order valence-electron chi connectivity index (χ1n) is 4.33. The summed E-state index contributed by atoms with van der Waals surface area (Å²) in [7, 11) is 0. The number of carbonyl (C=O) groups is 1. The van der Waals surface area contributed by atoms with E-state index in [4.69, 9.17) is 4.74 Å². The van der Waals surface area contributed by atoms with E-state index in [0.29, 0.717) is 18.9 Å². The van der Waals surface area contributed by atoms with Gasteiger partial charge in [0.05, 0.1) is 6.61 Å². The summed E-state index contributed by atoms with van der Waals surface area (Å²) in [6.07, 6.45) is 2.63. The predicted octanol–water partition coefficient (Wildman–Crippen LogP) is 2.12. The van der Waals surface area contributed by atoms with Crippen LogP contribution in [0.2, 0.25) is 0 Å². The van der Waals surface area contributed by atoms with E-state index < -0.39 is 0 Å². The molecule has 0 N–H and O–H groups in total. The van der Waals surface area contributed by atoms with Gasteiger partial charge in [-0.05, 0) is 31.4 Å². The van der Waals surface area contributed by atoms with E-state index in [2.05, 4.69) is 5.75 Å². The maximum atomic E-state index is 11.1. The maximum Gasteiger partial charge on any atom is 0.306 e. The molecule has 1 fully saturated rings. The summed E-state index contributed by atoms with van der Waals surface area (Å²) in [5, 5.41) is 0. The lowest BCUT2D eigenvalue weighted by molar-refractivity contribution is -0.144. The minimum atomic E-state index is -0.0591. The van der Waals surface area contributed by atoms with Crippen molar-refractivity contribution < 1.29 is 9.53 Å². The van der Waals surface area contributed by atoms with Gasteiger partial charge in [0, 0.05) is 12.2 Å². The maximum absolute atomic E-state index is 11.1. The normalized spacial score (nSPS) is 19.1. The Hall–Kier alpha value is -0.180. The van der Waals surface area contributed by atoms with Crippen molar-refractivity contribution in [1.29, 1.82) is 0 Å². The molecule has 2 radical (unpaired) electrons. The van der Waals surface area contributed by atoms with Crippen molar-refractivity contribution in [2.45, 2.75) is 26.2 Å². The fourth-order valence-corrected chi connectivity index (χ4v) is 2.16. The number of hydrogen-bond acceptors (Lipinski definition) is 3. The van der Waals surface area contributed by atoms with Gasteiger partial charge in [0.15, 0.2) is 0 Å². The van der Waals surface area contributed by atoms with Crippen LogP contribution in [0.3, 0.4) is 0 Å². The van der Waals surface area contributed by atoms with Crippen molar-refractivity contribution >= 4 is 17.7 Å². The third-order valence-electron chi connectivity index (χ3n) is 1.86. The van der Waals surface area contributed by atoms with Gasteiger partial charge in [0.1, 0.15) is 0 Å². The average Bonchev–Trinajstić information content (AvgIpc) is 2.06. The van der Waals surface area contributed by atoms with Gasteiger partial charge in [-0.1, -0.05) is 0 Å². The largest absolute Gasteiger partial charge is 0.466 e. The van der Waals surface area contributed by atoms with Crippen molar-refractivity contribution in [3.63, 3.8) is 0 Å². The van der Waals surface area contributed by atoms with E-state index >= 15 is 0 Å². The molecule has 0 aromatic rings. The second kappa shape index (κ2) is 5.46. The van der Waals surface area contributed by atoms with Gasteiger partial charge in [-0.15, -0.1) is 0 Å². The Morgan fingerprint density at radius 2 is 2.58 bits per heavy atom. The molecular formula is C9H14O2S. The van der Waals surface area contributed by atoms with E-state index in [0.717, 1.165) is 18.6 Å². The van der Waals surface area contributed by atoms with E-state index in [-0.39, 0.29) is 5.97 Å². The van der Waals surface area contributed by atoms with Crippen LogP contribution in [0.4, 0.5) is 0 Å². The molecule has 2 nitrogen and oxygen atoms in total. The molecular weight excluding hydrogens is 172 g/mol. The SMILES string of the molecule is CCOC(=O)CC1C[C]SCC1. The summed E-state index contributed by atoms with van der Waals surface area (Å²) >= 11 is 1.74. The average molecular weight is 186 g/mol. The first-order valence-corrected chi connectivity index (χ1v) is 5.31. The van der Waals surface area contributed by atoms with E-state index in [1.165, 1.54) is 0 Å². The topological polar surface area (TPSA) is 26.3 Å². The summed E-state index contributed by atoms with van der Waals surface area (Å²) in [5.74, 6) is 4.71. The number of rotatable bonds is 3. The molecule has 0 aromatic carbocycles. The van der Waals surface area contributed by atoms with Crippen LogP contribution >= 0.6 is 11.8 Å². The van der Waals surface area contributed by atoms with Gasteiger partial charge in [-0.2, -0.15) is 11.8 Å². The highest BCUT2D eigenvalue weighted by molar-refractivity contribution is 8.01. The Bertz CT molecular complexity index is 141. The Balaban J connectivity index is 2.15. The predicted molar refractivity (Wildman–Crippen MR) is 49.7 cm³/mol. The lowest BCUT2D eigenvalue weighted by Gasteiger charge is -2.19. The number of thioether (sulfide) groups is 1. The molecule has 0 amide bonds. The fraction of sp³-hybridized carbons (Fsp3) is 0.778. The first kappa shape index (κ1) is 9.90. The molecule has 0 bridgehead atoms. The van der Waals surface area contributed by atoms with Crippen LogP contribution < -0.4 is 0 Å². The molecule has 0 aliphatic carbocycles. The summed E-state index contributed by atoms with van der Waals surface area (Å²) in [5.41, 5.74) is 0. The second-order valence-electron chi connectivity index (χ2n) is 2.86. The van der Waals surface area contributed by atoms with Crippen molar-refractivity contribution in [3.05, 3.63) is 5.75 Å². The molecule has 0 aromatic heterocycles. The van der Waals surface area contributed by atoms with E-state index in [9.17, 15) is 4.79 Å². The standard InChI is InChI=1S/C9H14O2S/c1-2-11-9(10)7-8-3-5-12-6-4-8/h8H,2-5,7H2,1H3. The molecule has 68 valence electrons. The van der Waals surface area contributed by atoms with Crippen LogP contribution in [0.15, 0.2) is 0 Å². The molecule has 0 saturated carbocycles. The number of ether oxygens (including phenoxy) is 1. The smallest absolute Gasteiger partial charge is 0.306 e. The van der Waals surface area contributed by atoms with Crippen molar-refractivity contribution in [1.82, 2.24) is 0 Å². The Kier molecular flexibility index (Phi) is 4.51. The lowest BCUT2D eigenvalue weighted by atomic mass is 9.99. The summed E-state index contributed by atoms with van der Waals surface area (Å²) < 4.78 is 4.87. The Morgan fingerprint density at radius 1 is 1.75 bits per heavy atom. The second-order valence-corrected chi connectivity index (χ2v) is 3.85. The summed E-state index contributed by atoms with van der Waals surface area (Å²) in [6.45, 7) is 2.33. The van der Waals surface area contributed by atoms with Crippen molar-refractivity contribution in [3.8, 4) is 0 Å². The number of carbonyl (C=O) groups excluding carboxylic acids is 1. The highest BCUT2D eigenvalue weighted by Gasteiger charge is 2.17. The molecule has 1 aliphatic heterocycles. The van der Waals surface area contributed by atoms with Crippen LogP contribution in [0, 0.1) is 11.7 Å². The summed E-state index contributed by atoms with van der Waals surface area (Å²) in [6, 6.07) is 0.